The van der Waals surface area contributed by atoms with E-state index in [4.69, 9.17) is 23.7 Å². The van der Waals surface area contributed by atoms with Gasteiger partial charge >= 0.3 is 6.09 Å². The second-order valence-corrected chi connectivity index (χ2v) is 10.2. The summed E-state index contributed by atoms with van der Waals surface area (Å²) in [6.07, 6.45) is 0.203. The Morgan fingerprint density at radius 2 is 1.26 bits per heavy atom. The van der Waals surface area contributed by atoms with E-state index in [1.54, 1.807) is 0 Å². The lowest BCUT2D eigenvalue weighted by Crippen LogP contribution is -2.27. The van der Waals surface area contributed by atoms with Crippen molar-refractivity contribution in [2.24, 2.45) is 0 Å². The molecule has 0 fully saturated rings. The van der Waals surface area contributed by atoms with Crippen molar-refractivity contribution in [3.63, 3.8) is 0 Å². The first-order valence-electron chi connectivity index (χ1n) is 15.0. The van der Waals surface area contributed by atoms with E-state index >= 15 is 0 Å². The molecule has 0 radical (unpaired) electrons. The van der Waals surface area contributed by atoms with Gasteiger partial charge in [-0.1, -0.05) is 48.5 Å². The van der Waals surface area contributed by atoms with Crippen LogP contribution < -0.4 is 10.6 Å². The number of amides is 1. The Morgan fingerprint density at radius 3 is 1.85 bits per heavy atom. The summed E-state index contributed by atoms with van der Waals surface area (Å²) in [5.74, 6) is 0.0282. The van der Waals surface area contributed by atoms with E-state index in [1.165, 1.54) is 34.4 Å². The summed E-state index contributed by atoms with van der Waals surface area (Å²) < 4.78 is 27.4. The molecule has 4 rings (SSSR count). The second kappa shape index (κ2) is 18.4. The molecule has 246 valence electrons. The van der Waals surface area contributed by atoms with Crippen molar-refractivity contribution in [2.45, 2.75) is 12.3 Å². The summed E-state index contributed by atoms with van der Waals surface area (Å²) >= 11 is 0. The number of nitro benzene ring substituents is 2. The third-order valence-corrected chi connectivity index (χ3v) is 7.15. The number of non-ortho nitro benzene ring substituents is 1. The van der Waals surface area contributed by atoms with Crippen LogP contribution in [0.25, 0.3) is 11.1 Å². The smallest absolute Gasteiger partial charge is 0.407 e. The molecule has 0 spiro atoms. The molecule has 46 heavy (non-hydrogen) atoms. The maximum atomic E-state index is 12.2. The van der Waals surface area contributed by atoms with E-state index < -0.39 is 15.9 Å². The number of hydrogen-bond acceptors (Lipinski definition) is 11. The zero-order valence-electron chi connectivity index (χ0n) is 25.4. The van der Waals surface area contributed by atoms with Crippen molar-refractivity contribution in [1.29, 1.82) is 0 Å². The van der Waals surface area contributed by atoms with Crippen LogP contribution in [-0.2, 0) is 23.7 Å². The molecule has 14 nitrogen and oxygen atoms in total. The fourth-order valence-corrected chi connectivity index (χ4v) is 4.97. The number of carbonyl (C=O) groups excluding carboxylic acids is 1. The SMILES string of the molecule is O=C(NCCCOCCOCCOCCOCCNc1ccc([N+](=O)[O-])cc1[N+](=O)[O-])OCC1c2ccccc2-c2ccccc21. The Labute approximate surface area is 266 Å². The van der Waals surface area contributed by atoms with Gasteiger partial charge in [0.05, 0.1) is 62.2 Å². The molecular weight excluding hydrogens is 600 g/mol. The average molecular weight is 639 g/mol. The highest BCUT2D eigenvalue weighted by atomic mass is 16.6. The second-order valence-electron chi connectivity index (χ2n) is 10.2. The van der Waals surface area contributed by atoms with Gasteiger partial charge in [0, 0.05) is 31.7 Å². The first-order valence-corrected chi connectivity index (χ1v) is 15.0. The van der Waals surface area contributed by atoms with Gasteiger partial charge in [-0.3, -0.25) is 20.2 Å². The highest BCUT2D eigenvalue weighted by Crippen LogP contribution is 2.44. The van der Waals surface area contributed by atoms with E-state index in [0.717, 1.165) is 6.07 Å². The van der Waals surface area contributed by atoms with Gasteiger partial charge in [-0.15, -0.1) is 0 Å². The number of nitro groups is 2. The maximum absolute atomic E-state index is 12.2. The van der Waals surface area contributed by atoms with Crippen molar-refractivity contribution < 1.29 is 38.3 Å². The fraction of sp³-hybridized carbons (Fsp3) is 0.406. The first-order chi connectivity index (χ1) is 22.5. The Kier molecular flexibility index (Phi) is 13.7. The van der Waals surface area contributed by atoms with Gasteiger partial charge in [-0.25, -0.2) is 4.79 Å². The average Bonchev–Trinajstić information content (AvgIpc) is 3.38. The summed E-state index contributed by atoms with van der Waals surface area (Å²) in [5.41, 5.74) is 4.19. The number of rotatable bonds is 21. The number of alkyl carbamates (subject to hydrolysis) is 1. The van der Waals surface area contributed by atoms with Crippen molar-refractivity contribution >= 4 is 23.2 Å². The van der Waals surface area contributed by atoms with Crippen molar-refractivity contribution in [3.8, 4) is 11.1 Å². The van der Waals surface area contributed by atoms with Crippen molar-refractivity contribution in [1.82, 2.24) is 5.32 Å². The first kappa shape index (κ1) is 34.2. The summed E-state index contributed by atoms with van der Waals surface area (Å²) in [7, 11) is 0. The molecule has 0 unspecified atom stereocenters. The number of anilines is 1. The van der Waals surface area contributed by atoms with Crippen molar-refractivity contribution in [2.75, 3.05) is 77.9 Å². The fourth-order valence-electron chi connectivity index (χ4n) is 4.97. The normalized spacial score (nSPS) is 11.9. The van der Waals surface area contributed by atoms with E-state index in [-0.39, 0.29) is 42.7 Å². The highest BCUT2D eigenvalue weighted by molar-refractivity contribution is 5.79. The number of ether oxygens (including phenoxy) is 5. The van der Waals surface area contributed by atoms with Crippen molar-refractivity contribution in [3.05, 3.63) is 98.1 Å². The van der Waals surface area contributed by atoms with Crippen LogP contribution in [0, 0.1) is 20.2 Å². The standard InChI is InChI=1S/C32H38N4O10/c37-32(46-23-29-27-8-3-1-6-25(27)26-7-2-4-9-28(26)29)34-12-5-14-42-16-18-44-20-21-45-19-17-43-15-13-33-30-11-10-24(35(38)39)22-31(30)36(40)41/h1-4,6-11,22,29,33H,5,12-21,23H2,(H,34,37). The van der Waals surface area contributed by atoms with Gasteiger partial charge in [-0.2, -0.15) is 0 Å². The number of carbonyl (C=O) groups is 1. The van der Waals surface area contributed by atoms with Crippen LogP contribution in [0.3, 0.4) is 0 Å². The lowest BCUT2D eigenvalue weighted by Gasteiger charge is -2.14. The highest BCUT2D eigenvalue weighted by Gasteiger charge is 2.29. The summed E-state index contributed by atoms with van der Waals surface area (Å²) in [5, 5.41) is 27.6. The van der Waals surface area contributed by atoms with Crippen LogP contribution in [0.2, 0.25) is 0 Å². The molecule has 0 bridgehead atoms. The minimum atomic E-state index is -0.682. The van der Waals surface area contributed by atoms with Gasteiger partial charge in [0.25, 0.3) is 11.4 Å². The Bertz CT molecular complexity index is 1410. The number of hydrogen-bond donors (Lipinski definition) is 2. The third-order valence-electron chi connectivity index (χ3n) is 7.15. The Balaban J connectivity index is 0.928. The quantitative estimate of drug-likeness (QED) is 0.0922. The molecule has 0 aliphatic heterocycles. The number of fused-ring (bicyclic) bond motifs is 3. The molecule has 3 aromatic rings. The predicted molar refractivity (Wildman–Crippen MR) is 169 cm³/mol. The molecule has 0 saturated carbocycles. The molecule has 1 amide bonds. The zero-order chi connectivity index (χ0) is 32.6. The number of nitrogens with zero attached hydrogens (tertiary/aromatic N) is 2. The van der Waals surface area contributed by atoms with Crippen LogP contribution in [-0.4, -0.2) is 88.5 Å². The topological polar surface area (TPSA) is 174 Å². The minimum absolute atomic E-state index is 0.0282. The van der Waals surface area contributed by atoms with Gasteiger partial charge < -0.3 is 34.3 Å². The summed E-state index contributed by atoms with van der Waals surface area (Å²) in [4.78, 5) is 32.8. The molecule has 0 aromatic heterocycles. The molecular formula is C32H38N4O10. The van der Waals surface area contributed by atoms with Gasteiger partial charge in [-0.05, 0) is 34.7 Å². The molecule has 0 heterocycles. The van der Waals surface area contributed by atoms with Crippen LogP contribution >= 0.6 is 0 Å². The maximum Gasteiger partial charge on any atom is 0.407 e. The lowest BCUT2D eigenvalue weighted by molar-refractivity contribution is -0.393. The summed E-state index contributed by atoms with van der Waals surface area (Å²) in [6, 6.07) is 19.8. The predicted octanol–water partition coefficient (Wildman–Crippen LogP) is 4.91. The Morgan fingerprint density at radius 1 is 0.696 bits per heavy atom. The lowest BCUT2D eigenvalue weighted by atomic mass is 9.98. The molecule has 3 aromatic carbocycles. The molecule has 0 atom stereocenters. The van der Waals surface area contributed by atoms with E-state index in [0.29, 0.717) is 59.2 Å². The number of benzene rings is 3. The monoisotopic (exact) mass is 638 g/mol. The van der Waals surface area contributed by atoms with Crippen LogP contribution in [0.1, 0.15) is 23.5 Å². The molecule has 2 N–H and O–H groups in total. The third kappa shape index (κ3) is 10.2. The summed E-state index contributed by atoms with van der Waals surface area (Å²) in [6.45, 7) is 4.08. The Hall–Kier alpha value is -4.63. The zero-order valence-corrected chi connectivity index (χ0v) is 25.4. The number of nitrogens with one attached hydrogen (secondary N) is 2. The van der Waals surface area contributed by atoms with E-state index in [1.807, 2.05) is 24.3 Å². The largest absolute Gasteiger partial charge is 0.449 e. The van der Waals surface area contributed by atoms with E-state index in [9.17, 15) is 25.0 Å². The van der Waals surface area contributed by atoms with Crippen LogP contribution in [0.4, 0.5) is 21.9 Å². The minimum Gasteiger partial charge on any atom is -0.449 e. The molecule has 1 aliphatic carbocycles. The molecule has 0 saturated heterocycles. The van der Waals surface area contributed by atoms with Crippen LogP contribution in [0.5, 0.6) is 0 Å². The molecule has 1 aliphatic rings. The molecule has 14 heteroatoms. The van der Waals surface area contributed by atoms with Gasteiger partial charge in [0.15, 0.2) is 0 Å². The van der Waals surface area contributed by atoms with E-state index in [2.05, 4.69) is 34.9 Å². The van der Waals surface area contributed by atoms with Crippen LogP contribution in [0.15, 0.2) is 66.7 Å². The van der Waals surface area contributed by atoms with Gasteiger partial charge in [0.1, 0.15) is 12.3 Å². The van der Waals surface area contributed by atoms with Gasteiger partial charge in [0.2, 0.25) is 0 Å².